The Bertz CT molecular complexity index is 206. The van der Waals surface area contributed by atoms with Crippen molar-refractivity contribution in [3.63, 3.8) is 0 Å². The van der Waals surface area contributed by atoms with Gasteiger partial charge in [0.05, 0.1) is 12.0 Å². The predicted octanol–water partition coefficient (Wildman–Crippen LogP) is 2.47. The first kappa shape index (κ1) is 13.8. The fraction of sp³-hybridized carbons (Fsp3) is 1.00. The zero-order valence-electron chi connectivity index (χ0n) is 9.56. The third-order valence-electron chi connectivity index (χ3n) is 3.13. The molecule has 0 heterocycles. The minimum atomic E-state index is -4.05. The molecular weight excluding hydrogens is 219 g/mol. The number of aliphatic hydroxyl groups is 1. The zero-order valence-corrected chi connectivity index (χ0v) is 9.56. The molecule has 0 bridgehead atoms. The number of alkyl halides is 3. The van der Waals surface area contributed by atoms with E-state index >= 15 is 0 Å². The van der Waals surface area contributed by atoms with Crippen molar-refractivity contribution in [3.05, 3.63) is 0 Å². The van der Waals surface area contributed by atoms with E-state index in [9.17, 15) is 13.2 Å². The smallest absolute Gasteiger partial charge is 0.391 e. The Balaban J connectivity index is 2.28. The van der Waals surface area contributed by atoms with E-state index in [4.69, 9.17) is 5.11 Å². The van der Waals surface area contributed by atoms with Crippen LogP contribution in [-0.4, -0.2) is 30.0 Å². The Labute approximate surface area is 94.2 Å². The highest BCUT2D eigenvalue weighted by Gasteiger charge is 2.41. The van der Waals surface area contributed by atoms with Gasteiger partial charge in [-0.25, -0.2) is 0 Å². The standard InChI is InChI=1S/C11H20F3NO/c1-8(16)5-6-15-10-4-2-3-9(7-10)11(12,13)14/h8-10,15-16H,2-7H2,1H3. The van der Waals surface area contributed by atoms with Crippen molar-refractivity contribution in [2.45, 2.75) is 57.3 Å². The molecule has 1 saturated carbocycles. The van der Waals surface area contributed by atoms with E-state index in [0.717, 1.165) is 6.42 Å². The SMILES string of the molecule is CC(O)CCNC1CCCC(C(F)(F)F)C1. The van der Waals surface area contributed by atoms with Crippen LogP contribution < -0.4 is 5.32 Å². The molecule has 1 aliphatic rings. The molecule has 16 heavy (non-hydrogen) atoms. The second-order valence-electron chi connectivity index (χ2n) is 4.69. The van der Waals surface area contributed by atoms with Gasteiger partial charge in [0, 0.05) is 6.04 Å². The number of hydrogen-bond donors (Lipinski definition) is 2. The fourth-order valence-electron chi connectivity index (χ4n) is 2.17. The summed E-state index contributed by atoms with van der Waals surface area (Å²) < 4.78 is 37.5. The molecule has 1 aliphatic carbocycles. The predicted molar refractivity (Wildman–Crippen MR) is 56.1 cm³/mol. The summed E-state index contributed by atoms with van der Waals surface area (Å²) in [5, 5.41) is 12.1. The molecule has 1 fully saturated rings. The van der Waals surface area contributed by atoms with Crippen LogP contribution in [0, 0.1) is 5.92 Å². The summed E-state index contributed by atoms with van der Waals surface area (Å²) in [6, 6.07) is -0.0425. The van der Waals surface area contributed by atoms with Crippen LogP contribution >= 0.6 is 0 Å². The number of aliphatic hydroxyl groups excluding tert-OH is 1. The lowest BCUT2D eigenvalue weighted by atomic mass is 9.85. The van der Waals surface area contributed by atoms with Gasteiger partial charge in [0.1, 0.15) is 0 Å². The number of halogens is 3. The highest BCUT2D eigenvalue weighted by Crippen LogP contribution is 2.37. The normalized spacial score (nSPS) is 29.1. The molecule has 0 saturated heterocycles. The van der Waals surface area contributed by atoms with Crippen LogP contribution in [-0.2, 0) is 0 Å². The van der Waals surface area contributed by atoms with E-state index in [1.807, 2.05) is 0 Å². The average Bonchev–Trinajstić information content (AvgIpc) is 2.16. The monoisotopic (exact) mass is 239 g/mol. The molecule has 2 N–H and O–H groups in total. The molecule has 0 radical (unpaired) electrons. The fourth-order valence-corrected chi connectivity index (χ4v) is 2.17. The molecule has 5 heteroatoms. The summed E-state index contributed by atoms with van der Waals surface area (Å²) in [6.45, 7) is 2.27. The van der Waals surface area contributed by atoms with Gasteiger partial charge in [-0.05, 0) is 39.2 Å². The molecule has 0 aromatic heterocycles. The first-order valence-corrected chi connectivity index (χ1v) is 5.87. The highest BCUT2D eigenvalue weighted by atomic mass is 19.4. The summed E-state index contributed by atoms with van der Waals surface area (Å²) >= 11 is 0. The van der Waals surface area contributed by atoms with Gasteiger partial charge < -0.3 is 10.4 Å². The van der Waals surface area contributed by atoms with Gasteiger partial charge in [-0.15, -0.1) is 0 Å². The van der Waals surface area contributed by atoms with Crippen molar-refractivity contribution >= 4 is 0 Å². The summed E-state index contributed by atoms with van der Waals surface area (Å²) in [5.41, 5.74) is 0. The Hall–Kier alpha value is -0.290. The lowest BCUT2D eigenvalue weighted by Crippen LogP contribution is -2.39. The number of hydrogen-bond acceptors (Lipinski definition) is 2. The van der Waals surface area contributed by atoms with Gasteiger partial charge in [-0.3, -0.25) is 0 Å². The van der Waals surface area contributed by atoms with Gasteiger partial charge in [-0.2, -0.15) is 13.2 Å². The minimum Gasteiger partial charge on any atom is -0.393 e. The van der Waals surface area contributed by atoms with Gasteiger partial charge >= 0.3 is 6.18 Å². The molecule has 2 nitrogen and oxygen atoms in total. The molecule has 0 aromatic rings. The molecular formula is C11H20F3NO. The van der Waals surface area contributed by atoms with E-state index in [0.29, 0.717) is 19.4 Å². The Morgan fingerprint density at radius 2 is 2.06 bits per heavy atom. The van der Waals surface area contributed by atoms with Crippen molar-refractivity contribution in [2.24, 2.45) is 5.92 Å². The highest BCUT2D eigenvalue weighted by molar-refractivity contribution is 4.81. The maximum absolute atomic E-state index is 12.5. The zero-order chi connectivity index (χ0) is 12.2. The summed E-state index contributed by atoms with van der Waals surface area (Å²) in [6.07, 6.45) is -1.96. The quantitative estimate of drug-likeness (QED) is 0.790. The molecule has 0 aliphatic heterocycles. The van der Waals surface area contributed by atoms with E-state index < -0.39 is 18.2 Å². The van der Waals surface area contributed by atoms with Gasteiger partial charge in [0.15, 0.2) is 0 Å². The molecule has 3 unspecified atom stereocenters. The molecule has 1 rings (SSSR count). The maximum atomic E-state index is 12.5. The van der Waals surface area contributed by atoms with Crippen molar-refractivity contribution < 1.29 is 18.3 Å². The van der Waals surface area contributed by atoms with E-state index in [1.165, 1.54) is 0 Å². The molecule has 0 spiro atoms. The van der Waals surface area contributed by atoms with Crippen LogP contribution in [0.15, 0.2) is 0 Å². The van der Waals surface area contributed by atoms with E-state index in [-0.39, 0.29) is 18.9 Å². The van der Waals surface area contributed by atoms with Gasteiger partial charge in [-0.1, -0.05) is 6.42 Å². The van der Waals surface area contributed by atoms with Crippen molar-refractivity contribution in [3.8, 4) is 0 Å². The lowest BCUT2D eigenvalue weighted by Gasteiger charge is -2.31. The molecule has 3 atom stereocenters. The molecule has 0 aromatic carbocycles. The van der Waals surface area contributed by atoms with Crippen molar-refractivity contribution in [1.29, 1.82) is 0 Å². The molecule has 0 amide bonds. The van der Waals surface area contributed by atoms with E-state index in [1.54, 1.807) is 6.92 Å². The second kappa shape index (κ2) is 5.87. The lowest BCUT2D eigenvalue weighted by molar-refractivity contribution is -0.183. The van der Waals surface area contributed by atoms with Crippen molar-refractivity contribution in [1.82, 2.24) is 5.32 Å². The third kappa shape index (κ3) is 4.70. The number of nitrogens with one attached hydrogen (secondary N) is 1. The minimum absolute atomic E-state index is 0.0425. The molecule has 96 valence electrons. The second-order valence-corrected chi connectivity index (χ2v) is 4.69. The van der Waals surface area contributed by atoms with Crippen LogP contribution in [0.5, 0.6) is 0 Å². The maximum Gasteiger partial charge on any atom is 0.391 e. The number of rotatable bonds is 4. The first-order valence-electron chi connectivity index (χ1n) is 5.87. The topological polar surface area (TPSA) is 32.3 Å². The van der Waals surface area contributed by atoms with Crippen LogP contribution in [0.2, 0.25) is 0 Å². The van der Waals surface area contributed by atoms with Gasteiger partial charge in [0.25, 0.3) is 0 Å². The third-order valence-corrected chi connectivity index (χ3v) is 3.13. The van der Waals surface area contributed by atoms with Crippen molar-refractivity contribution in [2.75, 3.05) is 6.54 Å². The van der Waals surface area contributed by atoms with Crippen LogP contribution in [0.3, 0.4) is 0 Å². The van der Waals surface area contributed by atoms with Gasteiger partial charge in [0.2, 0.25) is 0 Å². The Morgan fingerprint density at radius 3 is 2.62 bits per heavy atom. The summed E-state index contributed by atoms with van der Waals surface area (Å²) in [7, 11) is 0. The largest absolute Gasteiger partial charge is 0.393 e. The summed E-state index contributed by atoms with van der Waals surface area (Å²) in [4.78, 5) is 0. The van der Waals surface area contributed by atoms with E-state index in [2.05, 4.69) is 5.32 Å². The summed E-state index contributed by atoms with van der Waals surface area (Å²) in [5.74, 6) is -1.15. The van der Waals surface area contributed by atoms with Crippen LogP contribution in [0.4, 0.5) is 13.2 Å². The Morgan fingerprint density at radius 1 is 1.38 bits per heavy atom. The first-order chi connectivity index (χ1) is 7.39. The average molecular weight is 239 g/mol. The van der Waals surface area contributed by atoms with Crippen LogP contribution in [0.1, 0.15) is 39.0 Å². The Kier molecular flexibility index (Phi) is 5.05. The van der Waals surface area contributed by atoms with Crippen LogP contribution in [0.25, 0.3) is 0 Å².